The van der Waals surface area contributed by atoms with E-state index in [1.54, 1.807) is 37.4 Å². The summed E-state index contributed by atoms with van der Waals surface area (Å²) in [7, 11) is 0. The van der Waals surface area contributed by atoms with Crippen molar-refractivity contribution >= 4 is 22.0 Å². The van der Waals surface area contributed by atoms with Crippen LogP contribution in [0.3, 0.4) is 0 Å². The van der Waals surface area contributed by atoms with E-state index in [9.17, 15) is 13.6 Å². The van der Waals surface area contributed by atoms with Crippen LogP contribution in [-0.4, -0.2) is 9.55 Å². The van der Waals surface area contributed by atoms with Crippen molar-refractivity contribution < 1.29 is 13.5 Å². The average Bonchev–Trinajstić information content (AvgIpc) is 2.65. The highest BCUT2D eigenvalue weighted by Crippen LogP contribution is 2.25. The van der Waals surface area contributed by atoms with Gasteiger partial charge in [-0.1, -0.05) is 6.58 Å². The Balaban J connectivity index is 1.95. The van der Waals surface area contributed by atoms with Gasteiger partial charge in [0.25, 0.3) is 5.56 Å². The quantitative estimate of drug-likeness (QED) is 0.581. The third-order valence-electron chi connectivity index (χ3n) is 3.93. The lowest BCUT2D eigenvalue weighted by Gasteiger charge is -2.15. The zero-order chi connectivity index (χ0) is 19.6. The Bertz CT molecular complexity index is 1080. The minimum absolute atomic E-state index is 0.135. The van der Waals surface area contributed by atoms with Crippen molar-refractivity contribution in [2.24, 2.45) is 0 Å². The average molecular weight is 433 g/mol. The second-order valence-electron chi connectivity index (χ2n) is 5.77. The van der Waals surface area contributed by atoms with Crippen LogP contribution in [0.5, 0.6) is 5.75 Å². The normalized spacial score (nSPS) is 10.7. The molecule has 0 saturated heterocycles. The molecule has 4 nitrogen and oxygen atoms in total. The first-order valence-corrected chi connectivity index (χ1v) is 8.77. The van der Waals surface area contributed by atoms with Crippen molar-refractivity contribution in [1.29, 1.82) is 0 Å². The summed E-state index contributed by atoms with van der Waals surface area (Å²) in [6.45, 7) is 5.30. The van der Waals surface area contributed by atoms with Crippen LogP contribution in [0.15, 0.2) is 58.4 Å². The SMILES string of the molecule is C=Cc1cc(-n2c(C)cc(OCc3ccc(F)cc3F)c(Br)c2=O)ccn1. The first-order chi connectivity index (χ1) is 12.9. The number of halogens is 3. The van der Waals surface area contributed by atoms with E-state index in [1.807, 2.05) is 0 Å². The summed E-state index contributed by atoms with van der Waals surface area (Å²) in [5, 5.41) is 0. The molecule has 0 spiro atoms. The molecule has 0 bridgehead atoms. The van der Waals surface area contributed by atoms with Gasteiger partial charge in [0.05, 0.1) is 11.4 Å². The number of nitrogens with zero attached hydrogens (tertiary/aromatic N) is 2. The number of rotatable bonds is 5. The van der Waals surface area contributed by atoms with Crippen molar-refractivity contribution in [1.82, 2.24) is 9.55 Å². The first kappa shape index (κ1) is 19.0. The molecule has 2 aromatic heterocycles. The zero-order valence-corrected chi connectivity index (χ0v) is 16.0. The molecule has 0 radical (unpaired) electrons. The molecule has 2 heterocycles. The summed E-state index contributed by atoms with van der Waals surface area (Å²) in [6.07, 6.45) is 3.18. The summed E-state index contributed by atoms with van der Waals surface area (Å²) in [6, 6.07) is 8.37. The molecule has 0 fully saturated rings. The van der Waals surface area contributed by atoms with Gasteiger partial charge >= 0.3 is 0 Å². The summed E-state index contributed by atoms with van der Waals surface area (Å²) in [5.74, 6) is -1.09. The monoisotopic (exact) mass is 432 g/mol. The molecule has 0 unspecified atom stereocenters. The fraction of sp³-hybridized carbons (Fsp3) is 0.100. The molecule has 138 valence electrons. The van der Waals surface area contributed by atoms with E-state index in [0.29, 0.717) is 17.1 Å². The van der Waals surface area contributed by atoms with Gasteiger partial charge in [0.1, 0.15) is 28.5 Å². The Hall–Kier alpha value is -2.80. The number of aromatic nitrogens is 2. The van der Waals surface area contributed by atoms with E-state index in [4.69, 9.17) is 4.74 Å². The van der Waals surface area contributed by atoms with Crippen LogP contribution in [0.4, 0.5) is 8.78 Å². The van der Waals surface area contributed by atoms with E-state index in [-0.39, 0.29) is 28.0 Å². The fourth-order valence-corrected chi connectivity index (χ4v) is 3.00. The van der Waals surface area contributed by atoms with Crippen molar-refractivity contribution in [2.75, 3.05) is 0 Å². The van der Waals surface area contributed by atoms with Gasteiger partial charge in [-0.15, -0.1) is 0 Å². The third-order valence-corrected chi connectivity index (χ3v) is 4.66. The van der Waals surface area contributed by atoms with E-state index < -0.39 is 11.6 Å². The molecule has 0 amide bonds. The Labute approximate surface area is 162 Å². The van der Waals surface area contributed by atoms with E-state index in [2.05, 4.69) is 27.5 Å². The maximum absolute atomic E-state index is 13.8. The standard InChI is InChI=1S/C20H15BrF2N2O2/c1-3-15-10-16(6-7-24-15)25-12(2)8-18(19(21)20(25)26)27-11-13-4-5-14(22)9-17(13)23/h3-10H,1,11H2,2H3. The lowest BCUT2D eigenvalue weighted by Crippen LogP contribution is -2.22. The molecule has 3 rings (SSSR count). The summed E-state index contributed by atoms with van der Waals surface area (Å²) in [4.78, 5) is 16.9. The number of benzene rings is 1. The maximum Gasteiger partial charge on any atom is 0.273 e. The van der Waals surface area contributed by atoms with Gasteiger partial charge in [-0.3, -0.25) is 14.3 Å². The predicted molar refractivity (Wildman–Crippen MR) is 103 cm³/mol. The molecule has 0 aliphatic heterocycles. The molecule has 0 aliphatic rings. The highest BCUT2D eigenvalue weighted by Gasteiger charge is 2.14. The number of ether oxygens (including phenoxy) is 1. The lowest BCUT2D eigenvalue weighted by atomic mass is 10.2. The highest BCUT2D eigenvalue weighted by atomic mass is 79.9. The van der Waals surface area contributed by atoms with Gasteiger partial charge in [0, 0.05) is 29.6 Å². The first-order valence-electron chi connectivity index (χ1n) is 7.98. The van der Waals surface area contributed by atoms with Gasteiger partial charge in [0.2, 0.25) is 0 Å². The van der Waals surface area contributed by atoms with E-state index in [1.165, 1.54) is 10.6 Å². The number of aryl methyl sites for hydroxylation is 1. The second kappa shape index (κ2) is 7.84. The highest BCUT2D eigenvalue weighted by molar-refractivity contribution is 9.10. The van der Waals surface area contributed by atoms with Crippen molar-refractivity contribution in [2.45, 2.75) is 13.5 Å². The molecule has 0 saturated carbocycles. The fourth-order valence-electron chi connectivity index (χ4n) is 2.59. The van der Waals surface area contributed by atoms with Gasteiger partial charge < -0.3 is 4.74 Å². The molecular weight excluding hydrogens is 418 g/mol. The molecule has 7 heteroatoms. The van der Waals surface area contributed by atoms with Crippen molar-refractivity contribution in [3.05, 3.63) is 92.6 Å². The van der Waals surface area contributed by atoms with Gasteiger partial charge in [-0.25, -0.2) is 8.78 Å². The molecule has 0 N–H and O–H groups in total. The molecular formula is C20H15BrF2N2O2. The van der Waals surface area contributed by atoms with Gasteiger partial charge in [-0.05, 0) is 53.2 Å². The Morgan fingerprint density at radius 3 is 2.74 bits per heavy atom. The molecule has 0 atom stereocenters. The Kier molecular flexibility index (Phi) is 5.51. The molecule has 27 heavy (non-hydrogen) atoms. The minimum atomic E-state index is -0.704. The van der Waals surface area contributed by atoms with Crippen molar-refractivity contribution in [3.8, 4) is 11.4 Å². The number of pyridine rings is 2. The topological polar surface area (TPSA) is 44.1 Å². The summed E-state index contributed by atoms with van der Waals surface area (Å²) >= 11 is 3.25. The predicted octanol–water partition coefficient (Wildman–Crippen LogP) is 4.80. The Morgan fingerprint density at radius 2 is 2.04 bits per heavy atom. The number of hydrogen-bond acceptors (Lipinski definition) is 3. The van der Waals surface area contributed by atoms with Gasteiger partial charge in [0.15, 0.2) is 0 Å². The van der Waals surface area contributed by atoms with Crippen LogP contribution >= 0.6 is 15.9 Å². The molecule has 0 aliphatic carbocycles. The zero-order valence-electron chi connectivity index (χ0n) is 14.4. The lowest BCUT2D eigenvalue weighted by molar-refractivity contribution is 0.296. The van der Waals surface area contributed by atoms with Gasteiger partial charge in [-0.2, -0.15) is 0 Å². The van der Waals surface area contributed by atoms with Crippen molar-refractivity contribution in [3.63, 3.8) is 0 Å². The largest absolute Gasteiger partial charge is 0.487 e. The summed E-state index contributed by atoms with van der Waals surface area (Å²) in [5.41, 5.74) is 1.76. The van der Waals surface area contributed by atoms with Crippen LogP contribution in [0.2, 0.25) is 0 Å². The van der Waals surface area contributed by atoms with E-state index in [0.717, 1.165) is 12.1 Å². The van der Waals surface area contributed by atoms with E-state index >= 15 is 0 Å². The minimum Gasteiger partial charge on any atom is -0.487 e. The van der Waals surface area contributed by atoms with Crippen LogP contribution < -0.4 is 10.3 Å². The van der Waals surface area contributed by atoms with Crippen LogP contribution in [0.25, 0.3) is 11.8 Å². The Morgan fingerprint density at radius 1 is 1.26 bits per heavy atom. The summed E-state index contributed by atoms with van der Waals surface area (Å²) < 4.78 is 34.1. The van der Waals surface area contributed by atoms with Crippen LogP contribution in [0, 0.1) is 18.6 Å². The van der Waals surface area contributed by atoms with Crippen LogP contribution in [-0.2, 0) is 6.61 Å². The molecule has 3 aromatic rings. The molecule has 1 aromatic carbocycles. The second-order valence-corrected chi connectivity index (χ2v) is 6.56. The third kappa shape index (κ3) is 3.98. The number of hydrogen-bond donors (Lipinski definition) is 0. The smallest absolute Gasteiger partial charge is 0.273 e. The van der Waals surface area contributed by atoms with Crippen LogP contribution in [0.1, 0.15) is 17.0 Å². The maximum atomic E-state index is 13.8.